The number of ketones is 1. The monoisotopic (exact) mass is 456 g/mol. The van der Waals surface area contributed by atoms with Crippen molar-refractivity contribution in [2.45, 2.75) is 12.8 Å². The molecule has 178 valence electrons. The summed E-state index contributed by atoms with van der Waals surface area (Å²) >= 11 is 0. The Labute approximate surface area is 194 Å². The van der Waals surface area contributed by atoms with Crippen LogP contribution in [0.25, 0.3) is 0 Å². The summed E-state index contributed by atoms with van der Waals surface area (Å²) in [6, 6.07) is 9.36. The molecule has 0 atom stereocenters. The predicted octanol–water partition coefficient (Wildman–Crippen LogP) is 1.39. The molecule has 0 radical (unpaired) electrons. The van der Waals surface area contributed by atoms with Gasteiger partial charge in [-0.25, -0.2) is 4.98 Å². The Morgan fingerprint density at radius 3 is 2.52 bits per heavy atom. The highest BCUT2D eigenvalue weighted by Crippen LogP contribution is 2.19. The van der Waals surface area contributed by atoms with Crippen LogP contribution in [0.3, 0.4) is 0 Å². The van der Waals surface area contributed by atoms with Crippen molar-refractivity contribution < 1.29 is 23.7 Å². The molecular formula is C24H32N4O5. The van der Waals surface area contributed by atoms with Crippen LogP contribution in [0, 0.1) is 0 Å². The maximum absolute atomic E-state index is 12.8. The average molecular weight is 457 g/mol. The molecule has 0 aliphatic carbocycles. The molecule has 2 aliphatic rings. The topological polar surface area (TPSA) is 86.2 Å². The van der Waals surface area contributed by atoms with Gasteiger partial charge in [0, 0.05) is 51.6 Å². The molecule has 1 aromatic heterocycles. The number of rotatable bonds is 10. The van der Waals surface area contributed by atoms with Gasteiger partial charge in [-0.2, -0.15) is 4.98 Å². The molecular weight excluding hydrogens is 424 g/mol. The lowest BCUT2D eigenvalue weighted by molar-refractivity contribution is -0.117. The molecule has 9 nitrogen and oxygen atoms in total. The number of hydrogen-bond acceptors (Lipinski definition) is 9. The summed E-state index contributed by atoms with van der Waals surface area (Å²) in [7, 11) is 1.62. The normalized spacial score (nSPS) is 17.1. The van der Waals surface area contributed by atoms with Crippen LogP contribution in [-0.4, -0.2) is 93.5 Å². The molecule has 2 fully saturated rings. The molecule has 0 amide bonds. The highest BCUT2D eigenvalue weighted by Gasteiger charge is 2.18. The van der Waals surface area contributed by atoms with Gasteiger partial charge in [0.1, 0.15) is 18.1 Å². The summed E-state index contributed by atoms with van der Waals surface area (Å²) in [4.78, 5) is 26.5. The maximum Gasteiger partial charge on any atom is 0.229 e. The van der Waals surface area contributed by atoms with Gasteiger partial charge in [-0.15, -0.1) is 0 Å². The van der Waals surface area contributed by atoms with Gasteiger partial charge in [0.15, 0.2) is 0 Å². The van der Waals surface area contributed by atoms with Crippen LogP contribution in [0.1, 0.15) is 11.3 Å². The number of Topliss-reactive ketones (excluding diaryl/α,β-unsaturated/α-hetero) is 1. The minimum atomic E-state index is 0.0779. The lowest BCUT2D eigenvalue weighted by Crippen LogP contribution is -2.39. The van der Waals surface area contributed by atoms with Crippen LogP contribution in [0.2, 0.25) is 0 Å². The van der Waals surface area contributed by atoms with Gasteiger partial charge in [-0.05, 0) is 17.7 Å². The van der Waals surface area contributed by atoms with E-state index in [0.717, 1.165) is 44.2 Å². The third-order valence-corrected chi connectivity index (χ3v) is 5.71. The summed E-state index contributed by atoms with van der Waals surface area (Å²) in [5.74, 6) is 1.91. The Morgan fingerprint density at radius 1 is 1.00 bits per heavy atom. The minimum absolute atomic E-state index is 0.0779. The second-order valence-electron chi connectivity index (χ2n) is 8.14. The van der Waals surface area contributed by atoms with Crippen molar-refractivity contribution in [1.82, 2.24) is 14.9 Å². The van der Waals surface area contributed by atoms with E-state index in [1.165, 1.54) is 0 Å². The van der Waals surface area contributed by atoms with Crippen molar-refractivity contribution >= 4 is 11.7 Å². The molecule has 0 saturated carbocycles. The minimum Gasteiger partial charge on any atom is -0.497 e. The van der Waals surface area contributed by atoms with Gasteiger partial charge in [-0.3, -0.25) is 9.69 Å². The molecule has 0 N–H and O–H groups in total. The zero-order valence-electron chi connectivity index (χ0n) is 19.2. The molecule has 1 aromatic carbocycles. The van der Waals surface area contributed by atoms with E-state index in [-0.39, 0.29) is 12.2 Å². The molecule has 3 heterocycles. The molecule has 4 rings (SSSR count). The molecule has 9 heteroatoms. The van der Waals surface area contributed by atoms with Crippen LogP contribution >= 0.6 is 0 Å². The van der Waals surface area contributed by atoms with E-state index in [1.54, 1.807) is 13.2 Å². The standard InChI is InChI=1S/C24H32N4O5/c1-30-22-4-2-3-19(16-22)15-21(29)17-20-18-23(33-14-7-27-5-10-31-11-6-27)26-24(25-20)28-8-12-32-13-9-28/h2-4,16,18H,5-15,17H2,1H3. The number of methoxy groups -OCH3 is 1. The van der Waals surface area contributed by atoms with Crippen molar-refractivity contribution in [2.24, 2.45) is 0 Å². The SMILES string of the molecule is COc1cccc(CC(=O)Cc2cc(OCCN3CCOCC3)nc(N3CCOCC3)n2)c1. The van der Waals surface area contributed by atoms with Crippen molar-refractivity contribution in [2.75, 3.05) is 77.8 Å². The number of benzene rings is 1. The highest BCUT2D eigenvalue weighted by atomic mass is 16.5. The van der Waals surface area contributed by atoms with Crippen LogP contribution in [0.4, 0.5) is 5.95 Å². The molecule has 2 aliphatic heterocycles. The first kappa shape index (κ1) is 23.4. The lowest BCUT2D eigenvalue weighted by Gasteiger charge is -2.28. The van der Waals surface area contributed by atoms with Crippen molar-refractivity contribution in [1.29, 1.82) is 0 Å². The molecule has 2 saturated heterocycles. The Balaban J connectivity index is 1.42. The smallest absolute Gasteiger partial charge is 0.229 e. The van der Waals surface area contributed by atoms with Crippen molar-refractivity contribution in [3.05, 3.63) is 41.6 Å². The van der Waals surface area contributed by atoms with Crippen molar-refractivity contribution in [3.63, 3.8) is 0 Å². The van der Waals surface area contributed by atoms with E-state index in [2.05, 4.69) is 19.8 Å². The zero-order chi connectivity index (χ0) is 22.9. The average Bonchev–Trinajstić information content (AvgIpc) is 2.85. The van der Waals surface area contributed by atoms with E-state index in [4.69, 9.17) is 18.9 Å². The number of hydrogen-bond donors (Lipinski definition) is 0. The second kappa shape index (κ2) is 11.9. The van der Waals surface area contributed by atoms with Gasteiger partial charge in [0.2, 0.25) is 11.8 Å². The Morgan fingerprint density at radius 2 is 1.76 bits per heavy atom. The Hall–Kier alpha value is -2.75. The van der Waals surface area contributed by atoms with Gasteiger partial charge in [0.25, 0.3) is 0 Å². The number of carbonyl (C=O) groups is 1. The van der Waals surface area contributed by atoms with Crippen LogP contribution < -0.4 is 14.4 Å². The van der Waals surface area contributed by atoms with Crippen molar-refractivity contribution in [3.8, 4) is 11.6 Å². The molecule has 0 unspecified atom stereocenters. The van der Waals surface area contributed by atoms with E-state index >= 15 is 0 Å². The molecule has 0 bridgehead atoms. The first-order valence-corrected chi connectivity index (χ1v) is 11.5. The van der Waals surface area contributed by atoms with Gasteiger partial charge >= 0.3 is 0 Å². The van der Waals surface area contributed by atoms with Crippen LogP contribution in [-0.2, 0) is 27.1 Å². The number of morpholine rings is 2. The van der Waals surface area contributed by atoms with Crippen LogP contribution in [0.5, 0.6) is 11.6 Å². The third-order valence-electron chi connectivity index (χ3n) is 5.71. The lowest BCUT2D eigenvalue weighted by atomic mass is 10.1. The van der Waals surface area contributed by atoms with Gasteiger partial charge < -0.3 is 23.8 Å². The second-order valence-corrected chi connectivity index (χ2v) is 8.14. The summed E-state index contributed by atoms with van der Waals surface area (Å²) in [5, 5.41) is 0. The van der Waals surface area contributed by atoms with E-state index in [0.29, 0.717) is 56.9 Å². The van der Waals surface area contributed by atoms with Gasteiger partial charge in [-0.1, -0.05) is 12.1 Å². The molecule has 33 heavy (non-hydrogen) atoms. The summed E-state index contributed by atoms with van der Waals surface area (Å²) < 4.78 is 22.1. The largest absolute Gasteiger partial charge is 0.497 e. The third kappa shape index (κ3) is 7.12. The number of aromatic nitrogens is 2. The number of nitrogens with zero attached hydrogens (tertiary/aromatic N) is 4. The fourth-order valence-electron chi connectivity index (χ4n) is 3.91. The summed E-state index contributed by atoms with van der Waals surface area (Å²) in [5.41, 5.74) is 1.59. The predicted molar refractivity (Wildman–Crippen MR) is 123 cm³/mol. The Bertz CT molecular complexity index is 913. The first-order chi connectivity index (χ1) is 16.2. The van der Waals surface area contributed by atoms with Crippen LogP contribution in [0.15, 0.2) is 30.3 Å². The van der Waals surface area contributed by atoms with E-state index < -0.39 is 0 Å². The number of anilines is 1. The fraction of sp³-hybridized carbons (Fsp3) is 0.542. The van der Waals surface area contributed by atoms with Gasteiger partial charge in [0.05, 0.1) is 39.2 Å². The quantitative estimate of drug-likeness (QED) is 0.526. The number of carbonyl (C=O) groups excluding carboxylic acids is 1. The number of ether oxygens (including phenoxy) is 4. The summed E-state index contributed by atoms with van der Waals surface area (Å²) in [6.45, 7) is 7.38. The zero-order valence-corrected chi connectivity index (χ0v) is 19.2. The van der Waals surface area contributed by atoms with E-state index in [1.807, 2.05) is 24.3 Å². The maximum atomic E-state index is 12.8. The molecule has 0 spiro atoms. The summed E-state index contributed by atoms with van der Waals surface area (Å²) in [6.07, 6.45) is 0.540. The highest BCUT2D eigenvalue weighted by molar-refractivity contribution is 5.83. The first-order valence-electron chi connectivity index (χ1n) is 11.5. The Kier molecular flexibility index (Phi) is 8.46. The van der Waals surface area contributed by atoms with E-state index in [9.17, 15) is 4.79 Å². The molecule has 2 aromatic rings. The fourth-order valence-corrected chi connectivity index (χ4v) is 3.91.